The molecule has 24 heavy (non-hydrogen) atoms. The Morgan fingerprint density at radius 1 is 0.875 bits per heavy atom. The summed E-state index contributed by atoms with van der Waals surface area (Å²) < 4.78 is 29.7. The summed E-state index contributed by atoms with van der Waals surface area (Å²) >= 11 is 6.66. The lowest BCUT2D eigenvalue weighted by molar-refractivity contribution is 0.103. The Kier molecular flexibility index (Phi) is 4.71. The topological polar surface area (TPSA) is 60.4 Å². The fraction of sp³-hybridized carbons (Fsp3) is 0. The molecule has 0 saturated heterocycles. The molecular weight excluding hydrogens is 368 g/mol. The number of hydrogen-bond donors (Lipinski definition) is 0. The number of ketones is 1. The van der Waals surface area contributed by atoms with Gasteiger partial charge >= 0.3 is 10.1 Å². The molecule has 4 nitrogen and oxygen atoms in total. The van der Waals surface area contributed by atoms with E-state index in [-0.39, 0.29) is 15.7 Å². The Morgan fingerprint density at radius 3 is 2.08 bits per heavy atom. The second-order valence-electron chi connectivity index (χ2n) is 4.82. The Labute approximate surface area is 148 Å². The summed E-state index contributed by atoms with van der Waals surface area (Å²) in [6.07, 6.45) is 0. The number of halogens is 1. The van der Waals surface area contributed by atoms with Gasteiger partial charge in [-0.15, -0.1) is 11.3 Å². The summed E-state index contributed by atoms with van der Waals surface area (Å²) in [5, 5.41) is 0. The van der Waals surface area contributed by atoms with Crippen LogP contribution in [0.15, 0.2) is 70.9 Å². The third-order valence-corrected chi connectivity index (χ3v) is 6.08. The molecule has 0 aliphatic heterocycles. The number of benzene rings is 2. The van der Waals surface area contributed by atoms with Gasteiger partial charge in [-0.1, -0.05) is 41.9 Å². The summed E-state index contributed by atoms with van der Waals surface area (Å²) in [6, 6.07) is 17.7. The predicted octanol–water partition coefficient (Wildman–Crippen LogP) is 4.40. The highest BCUT2D eigenvalue weighted by Gasteiger charge is 2.19. The summed E-state index contributed by atoms with van der Waals surface area (Å²) in [5.74, 6) is -0.0146. The smallest absolute Gasteiger partial charge is 0.348 e. The van der Waals surface area contributed by atoms with Crippen molar-refractivity contribution in [2.45, 2.75) is 4.21 Å². The van der Waals surface area contributed by atoms with Crippen LogP contribution in [0.1, 0.15) is 15.9 Å². The third-order valence-electron chi connectivity index (χ3n) is 3.15. The van der Waals surface area contributed by atoms with E-state index >= 15 is 0 Å². The third kappa shape index (κ3) is 3.67. The molecule has 7 heteroatoms. The van der Waals surface area contributed by atoms with Crippen molar-refractivity contribution in [3.8, 4) is 5.75 Å². The summed E-state index contributed by atoms with van der Waals surface area (Å²) in [4.78, 5) is 12.3. The molecule has 0 bridgehead atoms. The minimum Gasteiger partial charge on any atom is -0.378 e. The number of carbonyl (C=O) groups excluding carboxylic acids is 1. The zero-order valence-electron chi connectivity index (χ0n) is 12.2. The first-order chi connectivity index (χ1) is 11.5. The van der Waals surface area contributed by atoms with Gasteiger partial charge in [-0.25, -0.2) is 0 Å². The quantitative estimate of drug-likeness (QED) is 0.487. The maximum Gasteiger partial charge on any atom is 0.348 e. The van der Waals surface area contributed by atoms with Crippen LogP contribution in [0.25, 0.3) is 0 Å². The van der Waals surface area contributed by atoms with Crippen molar-refractivity contribution in [3.05, 3.63) is 82.2 Å². The second kappa shape index (κ2) is 6.76. The van der Waals surface area contributed by atoms with E-state index in [2.05, 4.69) is 0 Å². The highest BCUT2D eigenvalue weighted by Crippen LogP contribution is 2.28. The number of carbonyl (C=O) groups is 1. The van der Waals surface area contributed by atoms with Gasteiger partial charge in [0.2, 0.25) is 0 Å². The van der Waals surface area contributed by atoms with E-state index in [1.165, 1.54) is 36.4 Å². The zero-order chi connectivity index (χ0) is 17.2. The van der Waals surface area contributed by atoms with Crippen molar-refractivity contribution >= 4 is 38.8 Å². The number of thiophene rings is 1. The van der Waals surface area contributed by atoms with E-state index in [1.54, 1.807) is 24.3 Å². The lowest BCUT2D eigenvalue weighted by atomic mass is 10.0. The van der Waals surface area contributed by atoms with Gasteiger partial charge in [-0.2, -0.15) is 8.42 Å². The molecule has 122 valence electrons. The van der Waals surface area contributed by atoms with Crippen LogP contribution in [0, 0.1) is 0 Å². The van der Waals surface area contributed by atoms with Crippen molar-refractivity contribution < 1.29 is 17.4 Å². The van der Waals surface area contributed by atoms with Crippen molar-refractivity contribution in [2.24, 2.45) is 0 Å². The van der Waals surface area contributed by atoms with Gasteiger partial charge in [0, 0.05) is 11.1 Å². The van der Waals surface area contributed by atoms with Crippen molar-refractivity contribution in [3.63, 3.8) is 0 Å². The monoisotopic (exact) mass is 378 g/mol. The largest absolute Gasteiger partial charge is 0.378 e. The van der Waals surface area contributed by atoms with Crippen molar-refractivity contribution in [2.75, 3.05) is 0 Å². The minimum absolute atomic E-state index is 0.0249. The van der Waals surface area contributed by atoms with Gasteiger partial charge in [0.25, 0.3) is 0 Å². The van der Waals surface area contributed by atoms with Crippen LogP contribution >= 0.6 is 22.9 Å². The summed E-state index contributed by atoms with van der Waals surface area (Å²) in [5.41, 5.74) is 1.01. The number of hydrogen-bond acceptors (Lipinski definition) is 5. The first-order valence-electron chi connectivity index (χ1n) is 6.85. The molecule has 3 aromatic rings. The van der Waals surface area contributed by atoms with Crippen molar-refractivity contribution in [1.82, 2.24) is 0 Å². The maximum absolute atomic E-state index is 12.3. The summed E-state index contributed by atoms with van der Waals surface area (Å²) in [6.45, 7) is 0. The van der Waals surface area contributed by atoms with E-state index in [0.717, 1.165) is 11.3 Å². The molecule has 0 aliphatic carbocycles. The molecule has 0 radical (unpaired) electrons. The predicted molar refractivity (Wildman–Crippen MR) is 93.5 cm³/mol. The zero-order valence-corrected chi connectivity index (χ0v) is 14.6. The molecule has 1 heterocycles. The fourth-order valence-electron chi connectivity index (χ4n) is 2.02. The van der Waals surface area contributed by atoms with Gasteiger partial charge in [0.15, 0.2) is 9.99 Å². The van der Waals surface area contributed by atoms with E-state index in [0.29, 0.717) is 15.5 Å². The highest BCUT2D eigenvalue weighted by atomic mass is 35.5. The van der Waals surface area contributed by atoms with Gasteiger partial charge in [0.05, 0.1) is 4.34 Å². The molecule has 0 aliphatic rings. The second-order valence-corrected chi connectivity index (χ2v) is 8.30. The summed E-state index contributed by atoms with van der Waals surface area (Å²) in [7, 11) is -3.93. The Bertz CT molecular complexity index is 961. The van der Waals surface area contributed by atoms with Crippen LogP contribution in [-0.4, -0.2) is 14.2 Å². The van der Waals surface area contributed by atoms with Crippen LogP contribution in [0.4, 0.5) is 0 Å². The first kappa shape index (κ1) is 16.7. The lowest BCUT2D eigenvalue weighted by Crippen LogP contribution is -2.08. The molecule has 0 spiro atoms. The average molecular weight is 379 g/mol. The average Bonchev–Trinajstić information content (AvgIpc) is 3.03. The van der Waals surface area contributed by atoms with Crippen LogP contribution in [-0.2, 0) is 10.1 Å². The molecular formula is C17H11ClO4S2. The highest BCUT2D eigenvalue weighted by molar-refractivity contribution is 7.89. The fourth-order valence-corrected chi connectivity index (χ4v) is 4.39. The molecule has 0 N–H and O–H groups in total. The Hall–Kier alpha value is -2.15. The normalized spacial score (nSPS) is 11.2. The van der Waals surface area contributed by atoms with E-state index < -0.39 is 10.1 Å². The van der Waals surface area contributed by atoms with E-state index in [4.69, 9.17) is 15.8 Å². The lowest BCUT2D eigenvalue weighted by Gasteiger charge is -2.06. The van der Waals surface area contributed by atoms with Crippen LogP contribution in [0.3, 0.4) is 0 Å². The first-order valence-corrected chi connectivity index (χ1v) is 9.46. The molecule has 0 saturated carbocycles. The minimum atomic E-state index is -3.93. The molecule has 0 unspecified atom stereocenters. The molecule has 0 atom stereocenters. The van der Waals surface area contributed by atoms with Crippen LogP contribution < -0.4 is 4.18 Å². The molecule has 3 rings (SSSR count). The van der Waals surface area contributed by atoms with Gasteiger partial charge in [0.1, 0.15) is 5.75 Å². The number of rotatable bonds is 5. The van der Waals surface area contributed by atoms with E-state index in [1.807, 2.05) is 6.07 Å². The van der Waals surface area contributed by atoms with Crippen molar-refractivity contribution in [1.29, 1.82) is 0 Å². The molecule has 0 amide bonds. The van der Waals surface area contributed by atoms with Gasteiger partial charge in [-0.05, 0) is 36.4 Å². The Balaban J connectivity index is 1.79. The van der Waals surface area contributed by atoms with E-state index in [9.17, 15) is 13.2 Å². The van der Waals surface area contributed by atoms with Gasteiger partial charge < -0.3 is 4.18 Å². The van der Waals surface area contributed by atoms with Crippen LogP contribution in [0.5, 0.6) is 5.75 Å². The SMILES string of the molecule is O=C(c1ccccc1)c1ccc(OS(=O)(=O)c2ccc(Cl)s2)cc1. The Morgan fingerprint density at radius 2 is 1.50 bits per heavy atom. The van der Waals surface area contributed by atoms with Crippen LogP contribution in [0.2, 0.25) is 4.34 Å². The molecule has 2 aromatic carbocycles. The van der Waals surface area contributed by atoms with Gasteiger partial charge in [-0.3, -0.25) is 4.79 Å². The molecule has 0 fully saturated rings. The molecule has 1 aromatic heterocycles. The maximum atomic E-state index is 12.3. The standard InChI is InChI=1S/C17H11ClO4S2/c18-15-10-11-16(23-15)24(20,21)22-14-8-6-13(7-9-14)17(19)12-4-2-1-3-5-12/h1-11H.